The minimum atomic E-state index is -0.239. The quantitative estimate of drug-likeness (QED) is 0.500. The molecule has 0 N–H and O–H groups in total. The van der Waals surface area contributed by atoms with Gasteiger partial charge in [-0.2, -0.15) is 0 Å². The molecule has 21 heavy (non-hydrogen) atoms. The van der Waals surface area contributed by atoms with E-state index < -0.39 is 0 Å². The Balaban J connectivity index is 2.27. The molecule has 0 spiro atoms. The average Bonchev–Trinajstić information content (AvgIpc) is 2.52. The van der Waals surface area contributed by atoms with Crippen molar-refractivity contribution in [1.82, 2.24) is 0 Å². The van der Waals surface area contributed by atoms with Crippen LogP contribution in [0.2, 0.25) is 0 Å². The summed E-state index contributed by atoms with van der Waals surface area (Å²) in [7, 11) is 0. The van der Waals surface area contributed by atoms with Gasteiger partial charge >= 0.3 is 5.97 Å². The maximum Gasteiger partial charge on any atom is 0.339 e. The van der Waals surface area contributed by atoms with Crippen LogP contribution in [0, 0.1) is 0 Å². The molecule has 0 fully saturated rings. The van der Waals surface area contributed by atoms with Gasteiger partial charge in [-0.05, 0) is 41.0 Å². The van der Waals surface area contributed by atoms with E-state index in [0.717, 1.165) is 28.0 Å². The minimum absolute atomic E-state index is 0.0739. The lowest BCUT2D eigenvalue weighted by atomic mass is 9.97. The number of hydrogen-bond donors (Lipinski definition) is 0. The highest BCUT2D eigenvalue weighted by Crippen LogP contribution is 2.29. The highest BCUT2D eigenvalue weighted by atomic mass is 16.5. The van der Waals surface area contributed by atoms with E-state index in [1.165, 1.54) is 0 Å². The van der Waals surface area contributed by atoms with Gasteiger partial charge in [-0.3, -0.25) is 0 Å². The van der Waals surface area contributed by atoms with Crippen molar-refractivity contribution in [2.75, 3.05) is 0 Å². The summed E-state index contributed by atoms with van der Waals surface area (Å²) >= 11 is 0. The second-order valence-corrected chi connectivity index (χ2v) is 5.32. The molecule has 0 aromatic heterocycles. The molecule has 0 unspecified atom stereocenters. The number of carbonyl (C=O) groups is 1. The number of fused-ring (bicyclic) bond motifs is 2. The van der Waals surface area contributed by atoms with E-state index in [2.05, 4.69) is 6.07 Å². The maximum atomic E-state index is 12.6. The van der Waals surface area contributed by atoms with Gasteiger partial charge in [0.25, 0.3) is 0 Å². The third-order valence-electron chi connectivity index (χ3n) is 3.86. The van der Waals surface area contributed by atoms with Crippen LogP contribution in [0.1, 0.15) is 30.6 Å². The highest BCUT2D eigenvalue weighted by molar-refractivity contribution is 6.16. The molecule has 3 aromatic carbocycles. The van der Waals surface area contributed by atoms with Gasteiger partial charge in [0, 0.05) is 0 Å². The van der Waals surface area contributed by atoms with E-state index in [1.54, 1.807) is 0 Å². The van der Waals surface area contributed by atoms with E-state index in [0.29, 0.717) is 5.56 Å². The van der Waals surface area contributed by atoms with Crippen LogP contribution < -0.4 is 0 Å². The molecule has 3 rings (SSSR count). The number of benzene rings is 3. The van der Waals surface area contributed by atoms with Crippen molar-refractivity contribution >= 4 is 27.5 Å². The smallest absolute Gasteiger partial charge is 0.339 e. The van der Waals surface area contributed by atoms with Gasteiger partial charge in [-0.1, -0.05) is 55.5 Å². The Morgan fingerprint density at radius 1 is 1.00 bits per heavy atom. The molecule has 0 heterocycles. The van der Waals surface area contributed by atoms with E-state index in [9.17, 15) is 4.79 Å². The van der Waals surface area contributed by atoms with Gasteiger partial charge < -0.3 is 4.74 Å². The number of rotatable bonds is 3. The van der Waals surface area contributed by atoms with Crippen molar-refractivity contribution in [2.24, 2.45) is 0 Å². The normalized spacial score (nSPS) is 12.5. The first kappa shape index (κ1) is 13.6. The van der Waals surface area contributed by atoms with Gasteiger partial charge in [0.2, 0.25) is 0 Å². The number of hydrogen-bond acceptors (Lipinski definition) is 2. The van der Waals surface area contributed by atoms with Crippen LogP contribution in [0.3, 0.4) is 0 Å². The van der Waals surface area contributed by atoms with Crippen LogP contribution in [0.25, 0.3) is 21.5 Å². The Morgan fingerprint density at radius 3 is 2.05 bits per heavy atom. The summed E-state index contributed by atoms with van der Waals surface area (Å²) in [4.78, 5) is 12.6. The molecule has 0 radical (unpaired) electrons. The van der Waals surface area contributed by atoms with Gasteiger partial charge in [0.05, 0.1) is 11.7 Å². The molecule has 0 saturated carbocycles. The third-order valence-corrected chi connectivity index (χ3v) is 3.86. The van der Waals surface area contributed by atoms with Gasteiger partial charge in [0.1, 0.15) is 0 Å². The predicted molar refractivity (Wildman–Crippen MR) is 86.6 cm³/mol. The largest absolute Gasteiger partial charge is 0.459 e. The van der Waals surface area contributed by atoms with Crippen molar-refractivity contribution in [2.45, 2.75) is 26.4 Å². The summed E-state index contributed by atoms with van der Waals surface area (Å²) < 4.78 is 5.56. The Hall–Kier alpha value is -2.35. The van der Waals surface area contributed by atoms with Gasteiger partial charge in [0.15, 0.2) is 0 Å². The molecule has 1 atom stereocenters. The summed E-state index contributed by atoms with van der Waals surface area (Å²) in [5.41, 5.74) is 0.670. The van der Waals surface area contributed by atoms with Crippen LogP contribution in [0.5, 0.6) is 0 Å². The fraction of sp³-hybridized carbons (Fsp3) is 0.211. The zero-order chi connectivity index (χ0) is 14.8. The second kappa shape index (κ2) is 5.57. The summed E-state index contributed by atoms with van der Waals surface area (Å²) in [6.07, 6.45) is 0.740. The topological polar surface area (TPSA) is 26.3 Å². The van der Waals surface area contributed by atoms with Crippen molar-refractivity contribution in [3.63, 3.8) is 0 Å². The maximum absolute atomic E-state index is 12.6. The van der Waals surface area contributed by atoms with E-state index in [4.69, 9.17) is 4.74 Å². The van der Waals surface area contributed by atoms with Crippen molar-refractivity contribution in [1.29, 1.82) is 0 Å². The number of ether oxygens (including phenoxy) is 1. The number of esters is 1. The number of carbonyl (C=O) groups excluding carboxylic acids is 1. The van der Waals surface area contributed by atoms with Crippen molar-refractivity contribution in [3.8, 4) is 0 Å². The molecule has 106 valence electrons. The third kappa shape index (κ3) is 2.49. The lowest BCUT2D eigenvalue weighted by molar-refractivity contribution is 0.0339. The SMILES string of the molecule is CC[C@H](C)OC(=O)c1c2ccccc2cc2ccccc12. The summed E-state index contributed by atoms with van der Waals surface area (Å²) in [6, 6.07) is 18.0. The Bertz CT molecular complexity index is 751. The fourth-order valence-electron chi connectivity index (χ4n) is 2.56. The molecule has 0 amide bonds. The van der Waals surface area contributed by atoms with E-state index in [1.807, 2.05) is 62.4 Å². The van der Waals surface area contributed by atoms with Gasteiger partial charge in [-0.15, -0.1) is 0 Å². The second-order valence-electron chi connectivity index (χ2n) is 5.32. The van der Waals surface area contributed by atoms with Crippen molar-refractivity contribution in [3.05, 3.63) is 60.2 Å². The van der Waals surface area contributed by atoms with Crippen LogP contribution in [0.15, 0.2) is 54.6 Å². The zero-order valence-corrected chi connectivity index (χ0v) is 12.3. The first-order chi connectivity index (χ1) is 10.2. The molecule has 0 aliphatic carbocycles. The standard InChI is InChI=1S/C19H18O2/c1-3-13(2)21-19(20)18-16-10-6-4-8-14(16)12-15-9-5-7-11-17(15)18/h4-13H,3H2,1-2H3/t13-/m0/s1. The minimum Gasteiger partial charge on any atom is -0.459 e. The Morgan fingerprint density at radius 2 is 1.52 bits per heavy atom. The van der Waals surface area contributed by atoms with Crippen LogP contribution in [0.4, 0.5) is 0 Å². The van der Waals surface area contributed by atoms with Gasteiger partial charge in [-0.25, -0.2) is 4.79 Å². The average molecular weight is 278 g/mol. The zero-order valence-electron chi connectivity index (χ0n) is 12.3. The monoisotopic (exact) mass is 278 g/mol. The molecule has 2 nitrogen and oxygen atoms in total. The van der Waals surface area contributed by atoms with E-state index >= 15 is 0 Å². The molecule has 3 aromatic rings. The molecule has 2 heteroatoms. The van der Waals surface area contributed by atoms with E-state index in [-0.39, 0.29) is 12.1 Å². The lowest BCUT2D eigenvalue weighted by Gasteiger charge is -2.14. The molecule has 0 aliphatic heterocycles. The Labute approximate surface area is 124 Å². The van der Waals surface area contributed by atoms with Crippen molar-refractivity contribution < 1.29 is 9.53 Å². The first-order valence-electron chi connectivity index (χ1n) is 7.32. The fourth-order valence-corrected chi connectivity index (χ4v) is 2.56. The highest BCUT2D eigenvalue weighted by Gasteiger charge is 2.17. The van der Waals surface area contributed by atoms with Crippen LogP contribution in [-0.4, -0.2) is 12.1 Å². The molecule has 0 saturated heterocycles. The lowest BCUT2D eigenvalue weighted by Crippen LogP contribution is -2.14. The first-order valence-corrected chi connectivity index (χ1v) is 7.32. The molecular weight excluding hydrogens is 260 g/mol. The summed E-state index contributed by atoms with van der Waals surface area (Å²) in [6.45, 7) is 3.93. The Kier molecular flexibility index (Phi) is 3.61. The predicted octanol–water partition coefficient (Wildman–Crippen LogP) is 4.95. The summed E-state index contributed by atoms with van der Waals surface area (Å²) in [5, 5.41) is 4.02. The van der Waals surface area contributed by atoms with Crippen LogP contribution in [-0.2, 0) is 4.74 Å². The summed E-state index contributed by atoms with van der Waals surface area (Å²) in [5.74, 6) is -0.239. The van der Waals surface area contributed by atoms with Crippen LogP contribution >= 0.6 is 0 Å². The molecular formula is C19H18O2. The molecule has 0 aliphatic rings. The molecule has 0 bridgehead atoms.